The second kappa shape index (κ2) is 7.52. The van der Waals surface area contributed by atoms with Crippen molar-refractivity contribution in [1.82, 2.24) is 4.90 Å². The fourth-order valence-electron chi connectivity index (χ4n) is 3.36. The number of halogens is 1. The lowest BCUT2D eigenvalue weighted by atomic mass is 9.77. The van der Waals surface area contributed by atoms with Crippen molar-refractivity contribution in [2.24, 2.45) is 11.3 Å². The average molecular weight is 318 g/mol. The largest absolute Gasteiger partial charge is 0.341 e. The molecule has 0 radical (unpaired) electrons. The van der Waals surface area contributed by atoms with Gasteiger partial charge in [-0.05, 0) is 31.6 Å². The van der Waals surface area contributed by atoms with Gasteiger partial charge in [-0.2, -0.15) is 0 Å². The third-order valence-electron chi connectivity index (χ3n) is 3.95. The van der Waals surface area contributed by atoms with Crippen molar-refractivity contribution in [2.45, 2.75) is 59.3 Å². The zero-order valence-corrected chi connectivity index (χ0v) is 13.8. The molecule has 3 heteroatoms. The quantitative estimate of drug-likeness (QED) is 0.643. The Morgan fingerprint density at radius 3 is 2.33 bits per heavy atom. The SMILES string of the molecule is CCCN(CCBr)C(=O)C1(CC(C)C)CCCC1. The molecule has 1 rings (SSSR count). The molecule has 18 heavy (non-hydrogen) atoms. The number of alkyl halides is 1. The maximum Gasteiger partial charge on any atom is 0.228 e. The smallest absolute Gasteiger partial charge is 0.228 e. The molecule has 1 fully saturated rings. The monoisotopic (exact) mass is 317 g/mol. The molecule has 0 atom stereocenters. The summed E-state index contributed by atoms with van der Waals surface area (Å²) in [4.78, 5) is 15.0. The summed E-state index contributed by atoms with van der Waals surface area (Å²) in [7, 11) is 0. The molecule has 0 bridgehead atoms. The van der Waals surface area contributed by atoms with Crippen molar-refractivity contribution in [3.8, 4) is 0 Å². The van der Waals surface area contributed by atoms with Gasteiger partial charge in [0.15, 0.2) is 0 Å². The van der Waals surface area contributed by atoms with Gasteiger partial charge in [0.2, 0.25) is 5.91 Å². The molecule has 0 unspecified atom stereocenters. The molecule has 1 amide bonds. The lowest BCUT2D eigenvalue weighted by molar-refractivity contribution is -0.142. The summed E-state index contributed by atoms with van der Waals surface area (Å²) in [5, 5.41) is 0.885. The number of amides is 1. The number of carbonyl (C=O) groups excluding carboxylic acids is 1. The van der Waals surface area contributed by atoms with Crippen LogP contribution in [0, 0.1) is 11.3 Å². The van der Waals surface area contributed by atoms with Gasteiger partial charge in [0.1, 0.15) is 0 Å². The van der Waals surface area contributed by atoms with Crippen molar-refractivity contribution < 1.29 is 4.79 Å². The van der Waals surface area contributed by atoms with Crippen LogP contribution in [0.15, 0.2) is 0 Å². The van der Waals surface area contributed by atoms with Gasteiger partial charge in [0, 0.05) is 23.8 Å². The zero-order chi connectivity index (χ0) is 13.6. The second-order valence-electron chi connectivity index (χ2n) is 6.07. The molecule has 1 aliphatic carbocycles. The molecule has 0 heterocycles. The lowest BCUT2D eigenvalue weighted by Crippen LogP contribution is -2.44. The van der Waals surface area contributed by atoms with E-state index in [1.54, 1.807) is 0 Å². The normalized spacial score (nSPS) is 18.3. The fraction of sp³-hybridized carbons (Fsp3) is 0.933. The number of hydrogen-bond acceptors (Lipinski definition) is 1. The van der Waals surface area contributed by atoms with E-state index in [0.29, 0.717) is 11.8 Å². The fourth-order valence-corrected chi connectivity index (χ4v) is 3.79. The van der Waals surface area contributed by atoms with E-state index in [1.165, 1.54) is 12.8 Å². The highest BCUT2D eigenvalue weighted by Crippen LogP contribution is 2.44. The van der Waals surface area contributed by atoms with Crippen LogP contribution in [0.2, 0.25) is 0 Å². The predicted molar refractivity (Wildman–Crippen MR) is 81.0 cm³/mol. The van der Waals surface area contributed by atoms with E-state index in [-0.39, 0.29) is 5.41 Å². The second-order valence-corrected chi connectivity index (χ2v) is 6.86. The molecule has 0 aromatic carbocycles. The molecule has 1 saturated carbocycles. The van der Waals surface area contributed by atoms with Crippen LogP contribution in [0.3, 0.4) is 0 Å². The maximum absolute atomic E-state index is 12.9. The van der Waals surface area contributed by atoms with Gasteiger partial charge in [-0.25, -0.2) is 0 Å². The Morgan fingerprint density at radius 2 is 1.89 bits per heavy atom. The van der Waals surface area contributed by atoms with Gasteiger partial charge in [-0.15, -0.1) is 0 Å². The van der Waals surface area contributed by atoms with Gasteiger partial charge in [0.05, 0.1) is 0 Å². The summed E-state index contributed by atoms with van der Waals surface area (Å²) in [5.41, 5.74) is -0.0362. The van der Waals surface area contributed by atoms with E-state index in [1.807, 2.05) is 0 Å². The molecule has 0 saturated heterocycles. The van der Waals surface area contributed by atoms with Gasteiger partial charge in [-0.1, -0.05) is 49.5 Å². The highest BCUT2D eigenvalue weighted by molar-refractivity contribution is 9.09. The van der Waals surface area contributed by atoms with E-state index in [4.69, 9.17) is 0 Å². The van der Waals surface area contributed by atoms with Crippen LogP contribution in [-0.2, 0) is 4.79 Å². The Balaban J connectivity index is 2.79. The lowest BCUT2D eigenvalue weighted by Gasteiger charge is -2.35. The Hall–Kier alpha value is -0.0500. The van der Waals surface area contributed by atoms with Crippen molar-refractivity contribution in [3.63, 3.8) is 0 Å². The minimum absolute atomic E-state index is 0.0362. The average Bonchev–Trinajstić information content (AvgIpc) is 2.76. The van der Waals surface area contributed by atoms with E-state index >= 15 is 0 Å². The van der Waals surface area contributed by atoms with Crippen LogP contribution in [0.25, 0.3) is 0 Å². The number of rotatable bonds is 7. The van der Waals surface area contributed by atoms with Crippen molar-refractivity contribution in [2.75, 3.05) is 18.4 Å². The Morgan fingerprint density at radius 1 is 1.28 bits per heavy atom. The van der Waals surface area contributed by atoms with Crippen molar-refractivity contribution >= 4 is 21.8 Å². The molecular weight excluding hydrogens is 290 g/mol. The number of nitrogens with zero attached hydrogens (tertiary/aromatic N) is 1. The minimum Gasteiger partial charge on any atom is -0.341 e. The van der Waals surface area contributed by atoms with Crippen LogP contribution in [0.1, 0.15) is 59.3 Å². The van der Waals surface area contributed by atoms with E-state index < -0.39 is 0 Å². The zero-order valence-electron chi connectivity index (χ0n) is 12.2. The molecule has 0 aromatic heterocycles. The summed E-state index contributed by atoms with van der Waals surface area (Å²) >= 11 is 3.47. The third kappa shape index (κ3) is 3.97. The van der Waals surface area contributed by atoms with Gasteiger partial charge in [0.25, 0.3) is 0 Å². The Kier molecular flexibility index (Phi) is 6.68. The summed E-state index contributed by atoms with van der Waals surface area (Å²) in [5.74, 6) is 1.04. The van der Waals surface area contributed by atoms with Crippen molar-refractivity contribution in [3.05, 3.63) is 0 Å². The molecule has 2 nitrogen and oxygen atoms in total. The number of hydrogen-bond donors (Lipinski definition) is 0. The van der Waals surface area contributed by atoms with E-state index in [9.17, 15) is 4.79 Å². The van der Waals surface area contributed by atoms with Crippen LogP contribution in [-0.4, -0.2) is 29.2 Å². The first-order chi connectivity index (χ1) is 8.55. The molecular formula is C15H28BrNO. The van der Waals surface area contributed by atoms with Crippen LogP contribution in [0.5, 0.6) is 0 Å². The molecule has 0 N–H and O–H groups in total. The molecule has 1 aliphatic rings. The maximum atomic E-state index is 12.9. The third-order valence-corrected chi connectivity index (χ3v) is 4.30. The molecule has 0 aromatic rings. The summed E-state index contributed by atoms with van der Waals surface area (Å²) in [6.45, 7) is 8.39. The Bertz CT molecular complexity index is 253. The Labute approximate surface area is 121 Å². The van der Waals surface area contributed by atoms with E-state index in [2.05, 4.69) is 41.6 Å². The topological polar surface area (TPSA) is 20.3 Å². The standard InChI is InChI=1S/C15H28BrNO/c1-4-10-17(11-9-16)14(18)15(12-13(2)3)7-5-6-8-15/h13H,4-12H2,1-3H3. The van der Waals surface area contributed by atoms with Crippen LogP contribution in [0.4, 0.5) is 0 Å². The van der Waals surface area contributed by atoms with Gasteiger partial charge in [-0.3, -0.25) is 4.79 Å². The molecule has 0 spiro atoms. The van der Waals surface area contributed by atoms with Crippen LogP contribution < -0.4 is 0 Å². The van der Waals surface area contributed by atoms with E-state index in [0.717, 1.165) is 44.1 Å². The molecule has 0 aliphatic heterocycles. The summed E-state index contributed by atoms with van der Waals surface area (Å²) in [6, 6.07) is 0. The summed E-state index contributed by atoms with van der Waals surface area (Å²) in [6.07, 6.45) is 6.78. The highest BCUT2D eigenvalue weighted by Gasteiger charge is 2.43. The minimum atomic E-state index is -0.0362. The first kappa shape index (κ1) is 16.0. The van der Waals surface area contributed by atoms with Crippen molar-refractivity contribution in [1.29, 1.82) is 0 Å². The summed E-state index contributed by atoms with van der Waals surface area (Å²) < 4.78 is 0. The molecule has 106 valence electrons. The van der Waals surface area contributed by atoms with Crippen LogP contribution >= 0.6 is 15.9 Å². The number of carbonyl (C=O) groups is 1. The first-order valence-electron chi connectivity index (χ1n) is 7.41. The predicted octanol–water partition coefficient (Wildman–Crippen LogP) is 4.23. The first-order valence-corrected chi connectivity index (χ1v) is 8.53. The van der Waals surface area contributed by atoms with Gasteiger partial charge >= 0.3 is 0 Å². The van der Waals surface area contributed by atoms with Gasteiger partial charge < -0.3 is 4.90 Å². The highest BCUT2D eigenvalue weighted by atomic mass is 79.9.